The van der Waals surface area contributed by atoms with Crippen molar-refractivity contribution in [1.82, 2.24) is 19.5 Å². The van der Waals surface area contributed by atoms with Crippen LogP contribution in [0.2, 0.25) is 0 Å². The number of rotatable bonds is 8. The van der Waals surface area contributed by atoms with Gasteiger partial charge in [0.2, 0.25) is 0 Å². The molecule has 2 rings (SSSR count). The van der Waals surface area contributed by atoms with Crippen LogP contribution in [0.1, 0.15) is 19.8 Å². The molecule has 0 saturated heterocycles. The van der Waals surface area contributed by atoms with Gasteiger partial charge in [-0.05, 0) is 32.0 Å². The normalized spacial score (nSPS) is 10.9. The number of hydrogen-bond acceptors (Lipinski definition) is 5. The third-order valence-corrected chi connectivity index (χ3v) is 3.03. The lowest BCUT2D eigenvalue weighted by molar-refractivity contribution is -0.143. The van der Waals surface area contributed by atoms with E-state index in [1.807, 2.05) is 6.07 Å². The van der Waals surface area contributed by atoms with Crippen LogP contribution in [-0.2, 0) is 16.1 Å². The van der Waals surface area contributed by atoms with Gasteiger partial charge in [0, 0.05) is 19.2 Å². The molecular formula is C14H20N4O3. The summed E-state index contributed by atoms with van der Waals surface area (Å²) in [5, 5.41) is 7.42. The lowest BCUT2D eigenvalue weighted by Crippen LogP contribution is -2.28. The highest BCUT2D eigenvalue weighted by Gasteiger charge is 2.05. The summed E-state index contributed by atoms with van der Waals surface area (Å²) in [4.78, 5) is 23.1. The Morgan fingerprint density at radius 3 is 3.00 bits per heavy atom. The highest BCUT2D eigenvalue weighted by Crippen LogP contribution is 1.95. The molecule has 2 heterocycles. The van der Waals surface area contributed by atoms with E-state index in [4.69, 9.17) is 4.74 Å². The van der Waals surface area contributed by atoms with Crippen LogP contribution in [0.5, 0.6) is 0 Å². The van der Waals surface area contributed by atoms with Crippen molar-refractivity contribution >= 4 is 11.6 Å². The summed E-state index contributed by atoms with van der Waals surface area (Å²) in [6.45, 7) is 4.05. The molecule has 1 N–H and O–H groups in total. The number of nitrogens with one attached hydrogen (secondary N) is 1. The lowest BCUT2D eigenvalue weighted by atomic mass is 10.3. The molecule has 0 atom stereocenters. The third kappa shape index (κ3) is 4.16. The van der Waals surface area contributed by atoms with Gasteiger partial charge in [-0.25, -0.2) is 9.48 Å². The molecule has 2 aromatic heterocycles. The van der Waals surface area contributed by atoms with E-state index < -0.39 is 0 Å². The summed E-state index contributed by atoms with van der Waals surface area (Å²) >= 11 is 0. The molecular weight excluding hydrogens is 272 g/mol. The Kier molecular flexibility index (Phi) is 5.51. The maximum absolute atomic E-state index is 12.0. The summed E-state index contributed by atoms with van der Waals surface area (Å²) in [6, 6.07) is 5.44. The zero-order chi connectivity index (χ0) is 15.1. The third-order valence-electron chi connectivity index (χ3n) is 3.03. The number of fused-ring (bicyclic) bond motifs is 1. The predicted octanol–water partition coefficient (Wildman–Crippen LogP) is 0.429. The van der Waals surface area contributed by atoms with Crippen LogP contribution in [0.15, 0.2) is 29.2 Å². The zero-order valence-corrected chi connectivity index (χ0v) is 12.1. The second-order valence-corrected chi connectivity index (χ2v) is 4.59. The monoisotopic (exact) mass is 292 g/mol. The minimum Gasteiger partial charge on any atom is -0.466 e. The number of hydrogen-bond donors (Lipinski definition) is 1. The van der Waals surface area contributed by atoms with E-state index >= 15 is 0 Å². The summed E-state index contributed by atoms with van der Waals surface area (Å²) in [5.41, 5.74) is 0.503. The molecule has 0 radical (unpaired) electrons. The number of nitrogens with zero attached hydrogens (tertiary/aromatic N) is 3. The van der Waals surface area contributed by atoms with Crippen molar-refractivity contribution < 1.29 is 9.53 Å². The Hall–Kier alpha value is -2.15. The van der Waals surface area contributed by atoms with Crippen molar-refractivity contribution in [3.63, 3.8) is 0 Å². The van der Waals surface area contributed by atoms with Crippen LogP contribution >= 0.6 is 0 Å². The predicted molar refractivity (Wildman–Crippen MR) is 78.2 cm³/mol. The molecule has 0 aliphatic carbocycles. The number of esters is 1. The van der Waals surface area contributed by atoms with Gasteiger partial charge in [-0.3, -0.25) is 9.20 Å². The fraction of sp³-hybridized carbons (Fsp3) is 0.500. The largest absolute Gasteiger partial charge is 0.466 e. The fourth-order valence-electron chi connectivity index (χ4n) is 2.01. The first-order valence-corrected chi connectivity index (χ1v) is 7.13. The molecule has 2 aromatic rings. The first-order valence-electron chi connectivity index (χ1n) is 7.13. The van der Waals surface area contributed by atoms with Gasteiger partial charge in [0.25, 0.3) is 0 Å². The lowest BCUT2D eigenvalue weighted by Gasteiger charge is -2.04. The first kappa shape index (κ1) is 15.2. The van der Waals surface area contributed by atoms with Crippen LogP contribution in [0.4, 0.5) is 0 Å². The van der Waals surface area contributed by atoms with Gasteiger partial charge in [0.05, 0.1) is 13.2 Å². The maximum atomic E-state index is 12.0. The highest BCUT2D eigenvalue weighted by molar-refractivity contribution is 5.69. The van der Waals surface area contributed by atoms with Gasteiger partial charge in [-0.1, -0.05) is 6.07 Å². The van der Waals surface area contributed by atoms with Crippen LogP contribution < -0.4 is 11.0 Å². The second-order valence-electron chi connectivity index (χ2n) is 4.59. The molecule has 21 heavy (non-hydrogen) atoms. The van der Waals surface area contributed by atoms with E-state index in [2.05, 4.69) is 10.4 Å². The van der Waals surface area contributed by atoms with Crippen molar-refractivity contribution in [3.05, 3.63) is 34.9 Å². The zero-order valence-electron chi connectivity index (χ0n) is 12.1. The molecule has 0 fully saturated rings. The molecule has 114 valence electrons. The second kappa shape index (κ2) is 7.58. The van der Waals surface area contributed by atoms with Gasteiger partial charge in [0.1, 0.15) is 0 Å². The molecule has 0 unspecified atom stereocenters. The summed E-state index contributed by atoms with van der Waals surface area (Å²) in [6.07, 6.45) is 2.84. The number of pyridine rings is 1. The van der Waals surface area contributed by atoms with E-state index in [1.54, 1.807) is 25.3 Å². The Morgan fingerprint density at radius 2 is 2.24 bits per heavy atom. The van der Waals surface area contributed by atoms with E-state index in [1.165, 1.54) is 9.08 Å². The van der Waals surface area contributed by atoms with E-state index in [9.17, 15) is 9.59 Å². The molecule has 0 spiro atoms. The van der Waals surface area contributed by atoms with E-state index in [0.29, 0.717) is 38.3 Å². The van der Waals surface area contributed by atoms with Crippen LogP contribution in [0.25, 0.3) is 5.65 Å². The average Bonchev–Trinajstić information content (AvgIpc) is 2.80. The van der Waals surface area contributed by atoms with Gasteiger partial charge >= 0.3 is 11.7 Å². The van der Waals surface area contributed by atoms with E-state index in [0.717, 1.165) is 6.42 Å². The van der Waals surface area contributed by atoms with Gasteiger partial charge < -0.3 is 10.1 Å². The number of carbonyl (C=O) groups is 1. The maximum Gasteiger partial charge on any atom is 0.350 e. The molecule has 0 aliphatic heterocycles. The van der Waals surface area contributed by atoms with Gasteiger partial charge in [0.15, 0.2) is 5.65 Å². The Bertz CT molecular complexity index is 647. The minimum absolute atomic E-state index is 0.140. The highest BCUT2D eigenvalue weighted by atomic mass is 16.5. The van der Waals surface area contributed by atoms with Gasteiger partial charge in [-0.2, -0.15) is 0 Å². The molecule has 7 nitrogen and oxygen atoms in total. The SMILES string of the molecule is CCOC(=O)CCCNCCn1nc2ccccn2c1=O. The molecule has 0 aliphatic rings. The summed E-state index contributed by atoms with van der Waals surface area (Å²) < 4.78 is 7.80. The Balaban J connectivity index is 1.72. The van der Waals surface area contributed by atoms with Crippen molar-refractivity contribution in [2.45, 2.75) is 26.3 Å². The standard InChI is InChI=1S/C14H20N4O3/c1-2-21-13(19)7-5-8-15-9-11-18-14(20)17-10-4-3-6-12(17)16-18/h3-4,6,10,15H,2,5,7-9,11H2,1H3. The smallest absolute Gasteiger partial charge is 0.350 e. The van der Waals surface area contributed by atoms with Crippen molar-refractivity contribution in [3.8, 4) is 0 Å². The molecule has 0 saturated carbocycles. The van der Waals surface area contributed by atoms with Crippen LogP contribution in [0, 0.1) is 0 Å². The van der Waals surface area contributed by atoms with Crippen LogP contribution in [-0.4, -0.2) is 39.8 Å². The molecule has 0 amide bonds. The average molecular weight is 292 g/mol. The quantitative estimate of drug-likeness (QED) is 0.564. The summed E-state index contributed by atoms with van der Waals surface area (Å²) in [5.74, 6) is -0.170. The van der Waals surface area contributed by atoms with Crippen molar-refractivity contribution in [2.75, 3.05) is 19.7 Å². The molecule has 0 bridgehead atoms. The van der Waals surface area contributed by atoms with Crippen LogP contribution in [0.3, 0.4) is 0 Å². The number of carbonyl (C=O) groups excluding carboxylic acids is 1. The minimum atomic E-state index is -0.170. The summed E-state index contributed by atoms with van der Waals surface area (Å²) in [7, 11) is 0. The topological polar surface area (TPSA) is 77.6 Å². The Morgan fingerprint density at radius 1 is 1.38 bits per heavy atom. The fourth-order valence-corrected chi connectivity index (χ4v) is 2.01. The van der Waals surface area contributed by atoms with Gasteiger partial charge in [-0.15, -0.1) is 5.10 Å². The van der Waals surface area contributed by atoms with E-state index in [-0.39, 0.29) is 11.7 Å². The first-order chi connectivity index (χ1) is 10.2. The van der Waals surface area contributed by atoms with Crippen molar-refractivity contribution in [2.24, 2.45) is 0 Å². The Labute approximate surface area is 122 Å². The van der Waals surface area contributed by atoms with Crippen molar-refractivity contribution in [1.29, 1.82) is 0 Å². The molecule has 0 aromatic carbocycles. The number of aromatic nitrogens is 3. The number of ether oxygens (including phenoxy) is 1. The molecule has 7 heteroatoms.